The second-order valence-corrected chi connectivity index (χ2v) is 7.37. The molecular formula is C21H26N6O2. The van der Waals surface area contributed by atoms with Crippen molar-refractivity contribution in [1.82, 2.24) is 19.8 Å². The number of hydrogen-bond donors (Lipinski definition) is 0. The number of anilines is 2. The first kappa shape index (κ1) is 19.2. The fraction of sp³-hybridized carbons (Fsp3) is 0.429. The van der Waals surface area contributed by atoms with Crippen LogP contribution in [0.5, 0.6) is 0 Å². The minimum absolute atomic E-state index is 0.0519. The second kappa shape index (κ2) is 8.46. The van der Waals surface area contributed by atoms with Crippen molar-refractivity contribution < 1.29 is 9.59 Å². The van der Waals surface area contributed by atoms with Crippen LogP contribution >= 0.6 is 0 Å². The Hall–Kier alpha value is -3.16. The summed E-state index contributed by atoms with van der Waals surface area (Å²) in [5.41, 5.74) is 1.65. The smallest absolute Gasteiger partial charge is 0.272 e. The van der Waals surface area contributed by atoms with E-state index in [4.69, 9.17) is 0 Å². The molecule has 152 valence electrons. The molecule has 8 heteroatoms. The van der Waals surface area contributed by atoms with E-state index in [0.29, 0.717) is 31.9 Å². The topological polar surface area (TPSA) is 72.9 Å². The second-order valence-electron chi connectivity index (χ2n) is 7.37. The molecule has 3 heterocycles. The number of carbonyl (C=O) groups is 2. The molecule has 0 bridgehead atoms. The van der Waals surface area contributed by atoms with Crippen molar-refractivity contribution in [3.8, 4) is 0 Å². The first-order valence-electron chi connectivity index (χ1n) is 10.0. The lowest BCUT2D eigenvalue weighted by Gasteiger charge is -2.37. The Morgan fingerprint density at radius 1 is 0.793 bits per heavy atom. The van der Waals surface area contributed by atoms with Gasteiger partial charge in [-0.05, 0) is 12.1 Å². The normalized spacial score (nSPS) is 17.4. The van der Waals surface area contributed by atoms with Crippen molar-refractivity contribution in [2.45, 2.75) is 6.92 Å². The van der Waals surface area contributed by atoms with Crippen LogP contribution in [0, 0.1) is 0 Å². The summed E-state index contributed by atoms with van der Waals surface area (Å²) in [6, 6.07) is 12.2. The van der Waals surface area contributed by atoms with Crippen LogP contribution in [-0.2, 0) is 4.79 Å². The van der Waals surface area contributed by atoms with Crippen molar-refractivity contribution >= 4 is 23.3 Å². The maximum Gasteiger partial charge on any atom is 0.272 e. The number of carbonyl (C=O) groups excluding carboxylic acids is 2. The van der Waals surface area contributed by atoms with E-state index in [9.17, 15) is 9.59 Å². The van der Waals surface area contributed by atoms with Gasteiger partial charge in [0.2, 0.25) is 5.91 Å². The van der Waals surface area contributed by atoms with Gasteiger partial charge in [0.1, 0.15) is 17.8 Å². The van der Waals surface area contributed by atoms with Gasteiger partial charge in [0.25, 0.3) is 5.91 Å². The number of benzene rings is 1. The molecule has 2 amide bonds. The van der Waals surface area contributed by atoms with Gasteiger partial charge in [-0.3, -0.25) is 9.59 Å². The van der Waals surface area contributed by atoms with E-state index in [1.165, 1.54) is 12.0 Å². The summed E-state index contributed by atoms with van der Waals surface area (Å²) in [6.07, 6.45) is 1.47. The molecule has 1 aromatic heterocycles. The highest BCUT2D eigenvalue weighted by atomic mass is 16.2. The monoisotopic (exact) mass is 394 g/mol. The standard InChI is InChI=1S/C21H26N6O2/c1-17(28)24-7-13-27(14-8-24)21(29)19-15-20(23-16-22-19)26-11-9-25(10-12-26)18-5-3-2-4-6-18/h2-6,15-16H,7-14H2,1H3. The number of rotatable bonds is 3. The molecule has 0 aliphatic carbocycles. The first-order valence-corrected chi connectivity index (χ1v) is 10.0. The van der Waals surface area contributed by atoms with Crippen molar-refractivity contribution in [3.63, 3.8) is 0 Å². The van der Waals surface area contributed by atoms with Gasteiger partial charge >= 0.3 is 0 Å². The Bertz CT molecular complexity index is 858. The predicted molar refractivity (Wildman–Crippen MR) is 111 cm³/mol. The molecule has 8 nitrogen and oxygen atoms in total. The van der Waals surface area contributed by atoms with E-state index in [1.807, 2.05) is 6.07 Å². The Morgan fingerprint density at radius 2 is 1.41 bits per heavy atom. The van der Waals surface area contributed by atoms with Crippen LogP contribution in [0.4, 0.5) is 11.5 Å². The van der Waals surface area contributed by atoms with E-state index in [0.717, 1.165) is 32.0 Å². The van der Waals surface area contributed by atoms with Gasteiger partial charge in [-0.15, -0.1) is 0 Å². The Kier molecular flexibility index (Phi) is 5.59. The highest BCUT2D eigenvalue weighted by Gasteiger charge is 2.25. The number of nitrogens with zero attached hydrogens (tertiary/aromatic N) is 6. The summed E-state index contributed by atoms with van der Waals surface area (Å²) >= 11 is 0. The summed E-state index contributed by atoms with van der Waals surface area (Å²) < 4.78 is 0. The zero-order chi connectivity index (χ0) is 20.2. The van der Waals surface area contributed by atoms with Gasteiger partial charge in [0, 0.05) is 71.0 Å². The highest BCUT2D eigenvalue weighted by Crippen LogP contribution is 2.19. The van der Waals surface area contributed by atoms with E-state index in [-0.39, 0.29) is 11.8 Å². The van der Waals surface area contributed by atoms with Crippen LogP contribution in [-0.4, -0.2) is 83.9 Å². The number of piperazine rings is 2. The summed E-state index contributed by atoms with van der Waals surface area (Å²) in [5.74, 6) is 0.745. The SMILES string of the molecule is CC(=O)N1CCN(C(=O)c2cc(N3CCN(c4ccccc4)CC3)ncn2)CC1. The number of aromatic nitrogens is 2. The van der Waals surface area contributed by atoms with Crippen LogP contribution in [0.2, 0.25) is 0 Å². The average molecular weight is 394 g/mol. The molecule has 0 unspecified atom stereocenters. The molecular weight excluding hydrogens is 368 g/mol. The lowest BCUT2D eigenvalue weighted by atomic mass is 10.2. The fourth-order valence-corrected chi connectivity index (χ4v) is 3.86. The van der Waals surface area contributed by atoms with Crippen molar-refractivity contribution in [2.75, 3.05) is 62.2 Å². The number of hydrogen-bond acceptors (Lipinski definition) is 6. The van der Waals surface area contributed by atoms with Crippen molar-refractivity contribution in [2.24, 2.45) is 0 Å². The Labute approximate surface area is 170 Å². The van der Waals surface area contributed by atoms with E-state index >= 15 is 0 Å². The average Bonchev–Trinajstić information content (AvgIpc) is 2.79. The molecule has 0 spiro atoms. The molecule has 0 saturated carbocycles. The molecule has 0 radical (unpaired) electrons. The molecule has 4 rings (SSSR count). The van der Waals surface area contributed by atoms with Gasteiger partial charge in [-0.2, -0.15) is 0 Å². The minimum atomic E-state index is -0.0974. The molecule has 2 aromatic rings. The van der Waals surface area contributed by atoms with E-state index in [1.54, 1.807) is 22.8 Å². The van der Waals surface area contributed by atoms with Gasteiger partial charge in [-0.1, -0.05) is 18.2 Å². The zero-order valence-electron chi connectivity index (χ0n) is 16.7. The summed E-state index contributed by atoms with van der Waals surface area (Å²) in [4.78, 5) is 41.0. The number of para-hydroxylation sites is 1. The molecule has 2 saturated heterocycles. The predicted octanol–water partition coefficient (Wildman–Crippen LogP) is 1.11. The van der Waals surface area contributed by atoms with Crippen molar-refractivity contribution in [1.29, 1.82) is 0 Å². The van der Waals surface area contributed by atoms with E-state index in [2.05, 4.69) is 44.0 Å². The third-order valence-corrected chi connectivity index (χ3v) is 5.61. The van der Waals surface area contributed by atoms with Crippen LogP contribution in [0.3, 0.4) is 0 Å². The van der Waals surface area contributed by atoms with Gasteiger partial charge < -0.3 is 19.6 Å². The maximum atomic E-state index is 12.9. The number of amides is 2. The van der Waals surface area contributed by atoms with Crippen LogP contribution < -0.4 is 9.80 Å². The minimum Gasteiger partial charge on any atom is -0.368 e. The van der Waals surface area contributed by atoms with E-state index < -0.39 is 0 Å². The molecule has 2 aliphatic rings. The molecule has 1 aromatic carbocycles. The lowest BCUT2D eigenvalue weighted by molar-refractivity contribution is -0.130. The third kappa shape index (κ3) is 4.31. The maximum absolute atomic E-state index is 12.9. The molecule has 2 fully saturated rings. The third-order valence-electron chi connectivity index (χ3n) is 5.61. The Morgan fingerprint density at radius 3 is 2.07 bits per heavy atom. The summed E-state index contributed by atoms with van der Waals surface area (Å²) in [7, 11) is 0. The quantitative estimate of drug-likeness (QED) is 0.777. The highest BCUT2D eigenvalue weighted by molar-refractivity contribution is 5.93. The first-order chi connectivity index (χ1) is 14.1. The molecule has 2 aliphatic heterocycles. The van der Waals surface area contributed by atoms with Crippen LogP contribution in [0.1, 0.15) is 17.4 Å². The van der Waals surface area contributed by atoms with Gasteiger partial charge in [-0.25, -0.2) is 9.97 Å². The molecule has 0 N–H and O–H groups in total. The van der Waals surface area contributed by atoms with Crippen LogP contribution in [0.25, 0.3) is 0 Å². The largest absolute Gasteiger partial charge is 0.368 e. The van der Waals surface area contributed by atoms with Gasteiger partial charge in [0.15, 0.2) is 0 Å². The van der Waals surface area contributed by atoms with Gasteiger partial charge in [0.05, 0.1) is 0 Å². The lowest BCUT2D eigenvalue weighted by Crippen LogP contribution is -2.50. The van der Waals surface area contributed by atoms with Crippen LogP contribution in [0.15, 0.2) is 42.7 Å². The summed E-state index contributed by atoms with van der Waals surface area (Å²) in [6.45, 7) is 7.27. The zero-order valence-corrected chi connectivity index (χ0v) is 16.7. The molecule has 29 heavy (non-hydrogen) atoms. The molecule has 0 atom stereocenters. The van der Waals surface area contributed by atoms with Crippen molar-refractivity contribution in [3.05, 3.63) is 48.4 Å². The Balaban J connectivity index is 1.38. The fourth-order valence-electron chi connectivity index (χ4n) is 3.86. The summed E-state index contributed by atoms with van der Waals surface area (Å²) in [5, 5.41) is 0.